The maximum atomic E-state index is 6.13. The summed E-state index contributed by atoms with van der Waals surface area (Å²) >= 11 is 0. The molecule has 1 rings (SSSR count). The van der Waals surface area contributed by atoms with Gasteiger partial charge in [-0.2, -0.15) is 0 Å². The van der Waals surface area contributed by atoms with Gasteiger partial charge in [0.15, 0.2) is 0 Å². The molecule has 1 fully saturated rings. The van der Waals surface area contributed by atoms with Gasteiger partial charge in [0, 0.05) is 25.2 Å². The van der Waals surface area contributed by atoms with Crippen molar-refractivity contribution < 1.29 is 4.74 Å². The molecule has 0 radical (unpaired) electrons. The van der Waals surface area contributed by atoms with Crippen LogP contribution in [0.15, 0.2) is 0 Å². The van der Waals surface area contributed by atoms with Crippen molar-refractivity contribution in [2.75, 3.05) is 20.1 Å². The molecule has 17 heavy (non-hydrogen) atoms. The first-order chi connectivity index (χ1) is 7.71. The topological polar surface area (TPSA) is 24.5 Å². The number of morpholine rings is 1. The fourth-order valence-electron chi connectivity index (χ4n) is 3.18. The summed E-state index contributed by atoms with van der Waals surface area (Å²) in [5.74, 6) is 0. The van der Waals surface area contributed by atoms with Crippen LogP contribution >= 0.6 is 0 Å². The third-order valence-corrected chi connectivity index (χ3v) is 3.69. The van der Waals surface area contributed by atoms with E-state index in [-0.39, 0.29) is 11.2 Å². The van der Waals surface area contributed by atoms with Crippen molar-refractivity contribution in [2.24, 2.45) is 0 Å². The van der Waals surface area contributed by atoms with Gasteiger partial charge in [-0.1, -0.05) is 6.92 Å². The van der Waals surface area contributed by atoms with Gasteiger partial charge in [0.2, 0.25) is 0 Å². The molecule has 0 saturated carbocycles. The minimum Gasteiger partial charge on any atom is -0.367 e. The van der Waals surface area contributed by atoms with Crippen molar-refractivity contribution in [2.45, 2.75) is 71.2 Å². The lowest BCUT2D eigenvalue weighted by Crippen LogP contribution is -2.62. The van der Waals surface area contributed by atoms with Crippen molar-refractivity contribution in [3.05, 3.63) is 0 Å². The zero-order valence-electron chi connectivity index (χ0n) is 12.6. The predicted octanol–water partition coefficient (Wildman–Crippen LogP) is 2.26. The van der Waals surface area contributed by atoms with Gasteiger partial charge >= 0.3 is 0 Å². The molecule has 1 heterocycles. The molecule has 2 atom stereocenters. The number of likely N-dealkylation sites (N-methyl/N-ethyl adjacent to an activating group) is 1. The Hall–Kier alpha value is -0.120. The number of nitrogens with zero attached hydrogens (tertiary/aromatic N) is 1. The second kappa shape index (κ2) is 5.25. The summed E-state index contributed by atoms with van der Waals surface area (Å²) in [6, 6.07) is 1.10. The maximum Gasteiger partial charge on any atom is 0.0760 e. The fourth-order valence-corrected chi connectivity index (χ4v) is 3.18. The van der Waals surface area contributed by atoms with Crippen molar-refractivity contribution in [1.29, 1.82) is 0 Å². The molecule has 0 aromatic heterocycles. The molecule has 0 aliphatic carbocycles. The largest absolute Gasteiger partial charge is 0.367 e. The molecular weight excluding hydrogens is 212 g/mol. The molecule has 102 valence electrons. The minimum absolute atomic E-state index is 0.0535. The first kappa shape index (κ1) is 14.9. The first-order valence-electron chi connectivity index (χ1n) is 6.82. The Balaban J connectivity index is 2.76. The van der Waals surface area contributed by atoms with Crippen LogP contribution < -0.4 is 5.32 Å². The van der Waals surface area contributed by atoms with Gasteiger partial charge in [-0.3, -0.25) is 4.90 Å². The third kappa shape index (κ3) is 3.94. The van der Waals surface area contributed by atoms with Gasteiger partial charge in [0.1, 0.15) is 0 Å². The summed E-state index contributed by atoms with van der Waals surface area (Å²) in [7, 11) is 2.06. The van der Waals surface area contributed by atoms with E-state index in [0.29, 0.717) is 12.1 Å². The van der Waals surface area contributed by atoms with E-state index in [0.717, 1.165) is 19.5 Å². The van der Waals surface area contributed by atoms with Crippen molar-refractivity contribution in [1.82, 2.24) is 10.2 Å². The lowest BCUT2D eigenvalue weighted by Gasteiger charge is -2.50. The molecular formula is C14H30N2O. The van der Waals surface area contributed by atoms with Gasteiger partial charge in [0.25, 0.3) is 0 Å². The monoisotopic (exact) mass is 242 g/mol. The Kier molecular flexibility index (Phi) is 4.61. The Morgan fingerprint density at radius 1 is 1.18 bits per heavy atom. The van der Waals surface area contributed by atoms with Gasteiger partial charge < -0.3 is 10.1 Å². The Bertz CT molecular complexity index is 231. The van der Waals surface area contributed by atoms with Gasteiger partial charge in [-0.25, -0.2) is 0 Å². The van der Waals surface area contributed by atoms with Crippen LogP contribution in [0.1, 0.15) is 48.0 Å². The molecule has 0 spiro atoms. The van der Waals surface area contributed by atoms with Crippen LogP contribution in [-0.2, 0) is 4.74 Å². The average molecular weight is 242 g/mol. The van der Waals surface area contributed by atoms with E-state index in [9.17, 15) is 0 Å². The molecule has 0 aromatic carbocycles. The quantitative estimate of drug-likeness (QED) is 0.818. The van der Waals surface area contributed by atoms with Crippen LogP contribution in [0.2, 0.25) is 0 Å². The van der Waals surface area contributed by atoms with E-state index in [2.05, 4.69) is 58.8 Å². The molecule has 0 bridgehead atoms. The lowest BCUT2D eigenvalue weighted by molar-refractivity contribution is -0.188. The van der Waals surface area contributed by atoms with Crippen LogP contribution in [0.5, 0.6) is 0 Å². The SMILES string of the molecule is CCC(NC)C(C)N1CC(C)(C)OC(C)(C)C1. The van der Waals surface area contributed by atoms with Crippen LogP contribution in [0.4, 0.5) is 0 Å². The van der Waals surface area contributed by atoms with E-state index in [1.165, 1.54) is 0 Å². The van der Waals surface area contributed by atoms with Crippen LogP contribution in [0.25, 0.3) is 0 Å². The summed E-state index contributed by atoms with van der Waals surface area (Å²) in [6.45, 7) is 15.3. The Morgan fingerprint density at radius 2 is 1.65 bits per heavy atom. The van der Waals surface area contributed by atoms with E-state index in [1.807, 2.05) is 0 Å². The second-order valence-corrected chi connectivity index (χ2v) is 6.57. The summed E-state index contributed by atoms with van der Waals surface area (Å²) in [4.78, 5) is 2.56. The zero-order chi connectivity index (χ0) is 13.3. The predicted molar refractivity (Wildman–Crippen MR) is 73.4 cm³/mol. The second-order valence-electron chi connectivity index (χ2n) is 6.57. The van der Waals surface area contributed by atoms with Crippen molar-refractivity contribution >= 4 is 0 Å². The van der Waals surface area contributed by atoms with Crippen LogP contribution in [0, 0.1) is 0 Å². The van der Waals surface area contributed by atoms with E-state index in [4.69, 9.17) is 4.74 Å². The minimum atomic E-state index is -0.0535. The number of nitrogens with one attached hydrogen (secondary N) is 1. The van der Waals surface area contributed by atoms with Crippen LogP contribution in [0.3, 0.4) is 0 Å². The number of hydrogen-bond acceptors (Lipinski definition) is 3. The first-order valence-corrected chi connectivity index (χ1v) is 6.82. The van der Waals surface area contributed by atoms with Crippen molar-refractivity contribution in [3.63, 3.8) is 0 Å². The molecule has 1 aliphatic rings. The molecule has 3 nitrogen and oxygen atoms in total. The third-order valence-electron chi connectivity index (χ3n) is 3.69. The van der Waals surface area contributed by atoms with Crippen LogP contribution in [-0.4, -0.2) is 48.3 Å². The molecule has 3 heteroatoms. The zero-order valence-corrected chi connectivity index (χ0v) is 12.6. The maximum absolute atomic E-state index is 6.13. The molecule has 1 aliphatic heterocycles. The number of rotatable bonds is 4. The van der Waals surface area contributed by atoms with Gasteiger partial charge in [-0.15, -0.1) is 0 Å². The highest BCUT2D eigenvalue weighted by Gasteiger charge is 2.40. The Labute approximate surface area is 107 Å². The highest BCUT2D eigenvalue weighted by molar-refractivity contribution is 4.93. The van der Waals surface area contributed by atoms with E-state index < -0.39 is 0 Å². The summed E-state index contributed by atoms with van der Waals surface area (Å²) in [5, 5.41) is 3.42. The Morgan fingerprint density at radius 3 is 2.00 bits per heavy atom. The molecule has 1 N–H and O–H groups in total. The molecule has 2 unspecified atom stereocenters. The molecule has 0 aromatic rings. The molecule has 1 saturated heterocycles. The summed E-state index contributed by atoms with van der Waals surface area (Å²) < 4.78 is 6.13. The standard InChI is InChI=1S/C14H30N2O/c1-8-12(15-7)11(2)16-9-13(3,4)17-14(5,6)10-16/h11-12,15H,8-10H2,1-7H3. The number of hydrogen-bond donors (Lipinski definition) is 1. The summed E-state index contributed by atoms with van der Waals surface area (Å²) in [6.07, 6.45) is 1.16. The van der Waals surface area contributed by atoms with E-state index >= 15 is 0 Å². The fraction of sp³-hybridized carbons (Fsp3) is 1.00. The molecule has 0 amide bonds. The smallest absolute Gasteiger partial charge is 0.0760 e. The highest BCUT2D eigenvalue weighted by atomic mass is 16.5. The van der Waals surface area contributed by atoms with Gasteiger partial charge in [-0.05, 0) is 48.1 Å². The average Bonchev–Trinajstić information content (AvgIpc) is 2.14. The number of ether oxygens (including phenoxy) is 1. The normalized spacial score (nSPS) is 27.7. The van der Waals surface area contributed by atoms with Gasteiger partial charge in [0.05, 0.1) is 11.2 Å². The summed E-state index contributed by atoms with van der Waals surface area (Å²) in [5.41, 5.74) is -0.107. The lowest BCUT2D eigenvalue weighted by atomic mass is 9.95. The highest BCUT2D eigenvalue weighted by Crippen LogP contribution is 2.29. The van der Waals surface area contributed by atoms with Crippen molar-refractivity contribution in [3.8, 4) is 0 Å². The van der Waals surface area contributed by atoms with E-state index in [1.54, 1.807) is 0 Å².